The number of likely N-dealkylation sites (tertiary alicyclic amines) is 1. The van der Waals surface area contributed by atoms with Crippen molar-refractivity contribution in [1.82, 2.24) is 4.90 Å². The van der Waals surface area contributed by atoms with Crippen molar-refractivity contribution < 1.29 is 24.2 Å². The van der Waals surface area contributed by atoms with Crippen LogP contribution in [0.4, 0.5) is 11.4 Å². The summed E-state index contributed by atoms with van der Waals surface area (Å²) in [6.45, 7) is 9.75. The van der Waals surface area contributed by atoms with Crippen molar-refractivity contribution in [3.63, 3.8) is 0 Å². The fourth-order valence-electron chi connectivity index (χ4n) is 7.60. The Balaban J connectivity index is 1.42. The number of rotatable bonds is 10. The molecule has 0 aliphatic carbocycles. The van der Waals surface area contributed by atoms with Crippen molar-refractivity contribution in [2.45, 2.75) is 37.0 Å². The third-order valence-corrected chi connectivity index (χ3v) is 9.39. The molecule has 2 unspecified atom stereocenters. The highest BCUT2D eigenvalue weighted by atomic mass is 16.5. The van der Waals surface area contributed by atoms with E-state index in [9.17, 15) is 19.5 Å². The van der Waals surface area contributed by atoms with Crippen molar-refractivity contribution in [3.8, 4) is 0 Å². The maximum Gasteiger partial charge on any atom is 0.253 e. The Labute approximate surface area is 251 Å². The van der Waals surface area contributed by atoms with E-state index in [1.165, 1.54) is 4.90 Å². The number of fused-ring (bicyclic) bond motifs is 2. The first-order chi connectivity index (χ1) is 20.8. The Bertz CT molecular complexity index is 1590. The molecule has 8 nitrogen and oxygen atoms in total. The van der Waals surface area contributed by atoms with Crippen molar-refractivity contribution in [3.05, 3.63) is 98.1 Å². The molecule has 1 N–H and O–H groups in total. The molecule has 6 rings (SSSR count). The van der Waals surface area contributed by atoms with Crippen LogP contribution in [0.15, 0.2) is 98.1 Å². The second-order valence-electron chi connectivity index (χ2n) is 11.8. The van der Waals surface area contributed by atoms with Crippen LogP contribution >= 0.6 is 0 Å². The lowest BCUT2D eigenvalue weighted by Crippen LogP contribution is -2.57. The van der Waals surface area contributed by atoms with E-state index >= 15 is 0 Å². The number of amides is 3. The molecule has 0 saturated carbocycles. The number of ether oxygens (including phenoxy) is 1. The summed E-state index contributed by atoms with van der Waals surface area (Å²) in [5.41, 5.74) is -0.758. The van der Waals surface area contributed by atoms with Gasteiger partial charge in [0.15, 0.2) is 0 Å². The highest BCUT2D eigenvalue weighted by Gasteiger charge is 2.78. The highest BCUT2D eigenvalue weighted by Crippen LogP contribution is 2.63. The summed E-state index contributed by atoms with van der Waals surface area (Å²) in [4.78, 5) is 48.1. The van der Waals surface area contributed by atoms with Crippen LogP contribution in [0, 0.1) is 11.8 Å². The van der Waals surface area contributed by atoms with E-state index in [0.29, 0.717) is 24.2 Å². The molecule has 0 radical (unpaired) electrons. The maximum atomic E-state index is 14.7. The number of para-hydroxylation sites is 1. The molecule has 3 heterocycles. The van der Waals surface area contributed by atoms with Gasteiger partial charge in [-0.15, -0.1) is 13.2 Å². The Morgan fingerprint density at radius 2 is 1.58 bits per heavy atom. The van der Waals surface area contributed by atoms with E-state index < -0.39 is 29.1 Å². The molecule has 0 aromatic heterocycles. The van der Waals surface area contributed by atoms with Crippen LogP contribution in [0.5, 0.6) is 0 Å². The molecule has 3 amide bonds. The van der Waals surface area contributed by atoms with Crippen LogP contribution in [0.1, 0.15) is 19.8 Å². The van der Waals surface area contributed by atoms with E-state index in [1.807, 2.05) is 79.7 Å². The third-order valence-electron chi connectivity index (χ3n) is 9.39. The van der Waals surface area contributed by atoms with Gasteiger partial charge in [-0.05, 0) is 54.8 Å². The molecule has 3 aliphatic heterocycles. The summed E-state index contributed by atoms with van der Waals surface area (Å²) < 4.78 is 6.79. The van der Waals surface area contributed by atoms with Gasteiger partial charge in [0.25, 0.3) is 5.91 Å². The zero-order valence-electron chi connectivity index (χ0n) is 24.4. The molecule has 2 bridgehead atoms. The lowest BCUT2D eigenvalue weighted by Gasteiger charge is -2.37. The number of aliphatic hydroxyl groups is 1. The van der Waals surface area contributed by atoms with Crippen LogP contribution in [0.25, 0.3) is 10.8 Å². The summed E-state index contributed by atoms with van der Waals surface area (Å²) in [5.74, 6) is -2.55. The summed E-state index contributed by atoms with van der Waals surface area (Å²) in [5, 5.41) is 12.0. The average Bonchev–Trinajstić information content (AvgIpc) is 3.59. The second-order valence-corrected chi connectivity index (χ2v) is 11.8. The van der Waals surface area contributed by atoms with E-state index in [2.05, 4.69) is 13.2 Å². The maximum absolute atomic E-state index is 14.7. The molecule has 1 spiro atoms. The number of carbonyl (C=O) groups is 3. The van der Waals surface area contributed by atoms with Gasteiger partial charge in [0, 0.05) is 31.0 Å². The van der Waals surface area contributed by atoms with Crippen molar-refractivity contribution >= 4 is 39.9 Å². The van der Waals surface area contributed by atoms with Crippen LogP contribution in [-0.2, 0) is 19.1 Å². The zero-order valence-corrected chi connectivity index (χ0v) is 24.4. The number of β-amino-alcohol motifs (C(OH)–C–C–N with tert-alkyl or cyclic N) is 1. The molecular weight excluding hydrogens is 542 g/mol. The van der Waals surface area contributed by atoms with Crippen LogP contribution in [0.3, 0.4) is 0 Å². The first-order valence-corrected chi connectivity index (χ1v) is 14.8. The average molecular weight is 580 g/mol. The van der Waals surface area contributed by atoms with E-state index in [0.717, 1.165) is 10.8 Å². The van der Waals surface area contributed by atoms with Crippen LogP contribution in [0.2, 0.25) is 0 Å². The third kappa shape index (κ3) is 4.48. The van der Waals surface area contributed by atoms with E-state index in [-0.39, 0.29) is 44.0 Å². The lowest BCUT2D eigenvalue weighted by atomic mass is 9.66. The summed E-state index contributed by atoms with van der Waals surface area (Å²) in [6.07, 6.45) is 4.30. The predicted molar refractivity (Wildman–Crippen MR) is 167 cm³/mol. The molecule has 3 aromatic carbocycles. The van der Waals surface area contributed by atoms with Gasteiger partial charge < -0.3 is 24.5 Å². The largest absolute Gasteiger partial charge is 0.395 e. The molecule has 5 atom stereocenters. The van der Waals surface area contributed by atoms with Gasteiger partial charge in [-0.2, -0.15) is 0 Å². The predicted octanol–water partition coefficient (Wildman–Crippen LogP) is 4.34. The van der Waals surface area contributed by atoms with Crippen molar-refractivity contribution in [2.75, 3.05) is 36.0 Å². The minimum Gasteiger partial charge on any atom is -0.395 e. The number of hydrogen-bond donors (Lipinski definition) is 1. The number of benzene rings is 3. The van der Waals surface area contributed by atoms with Crippen LogP contribution < -0.4 is 9.80 Å². The first kappa shape index (κ1) is 28.8. The van der Waals surface area contributed by atoms with Gasteiger partial charge in [0.1, 0.15) is 11.6 Å². The Morgan fingerprint density at radius 3 is 2.26 bits per heavy atom. The van der Waals surface area contributed by atoms with E-state index in [1.54, 1.807) is 22.0 Å². The molecule has 3 fully saturated rings. The van der Waals surface area contributed by atoms with Gasteiger partial charge in [-0.1, -0.05) is 60.7 Å². The Kier molecular flexibility index (Phi) is 7.44. The number of aliphatic hydroxyl groups excluding tert-OH is 1. The number of nitrogens with zero attached hydrogens (tertiary/aromatic N) is 3. The van der Waals surface area contributed by atoms with Crippen molar-refractivity contribution in [2.24, 2.45) is 11.8 Å². The van der Waals surface area contributed by atoms with Crippen molar-refractivity contribution in [1.29, 1.82) is 0 Å². The smallest absolute Gasteiger partial charge is 0.253 e. The van der Waals surface area contributed by atoms with Crippen LogP contribution in [-0.4, -0.2) is 71.2 Å². The van der Waals surface area contributed by atoms with Gasteiger partial charge in [0.2, 0.25) is 11.8 Å². The fraction of sp³-hybridized carbons (Fsp3) is 0.343. The Morgan fingerprint density at radius 1 is 0.930 bits per heavy atom. The zero-order chi connectivity index (χ0) is 30.4. The van der Waals surface area contributed by atoms with E-state index in [4.69, 9.17) is 4.74 Å². The van der Waals surface area contributed by atoms with Gasteiger partial charge >= 0.3 is 0 Å². The summed E-state index contributed by atoms with van der Waals surface area (Å²) in [6, 6.07) is 22.0. The molecule has 3 aromatic rings. The lowest BCUT2D eigenvalue weighted by molar-refractivity contribution is -0.145. The quantitative estimate of drug-likeness (QED) is 0.361. The first-order valence-electron chi connectivity index (χ1n) is 14.8. The van der Waals surface area contributed by atoms with Gasteiger partial charge in [0.05, 0.1) is 24.0 Å². The number of hydrogen-bond acceptors (Lipinski definition) is 5. The molecular formula is C35H37N3O5. The fourth-order valence-corrected chi connectivity index (χ4v) is 7.60. The number of carbonyl (C=O) groups excluding carboxylic acids is 3. The molecule has 8 heteroatoms. The van der Waals surface area contributed by atoms with Gasteiger partial charge in [-0.3, -0.25) is 14.4 Å². The minimum absolute atomic E-state index is 0.0385. The summed E-state index contributed by atoms with van der Waals surface area (Å²) >= 11 is 0. The summed E-state index contributed by atoms with van der Waals surface area (Å²) in [7, 11) is 0. The number of anilines is 2. The topological polar surface area (TPSA) is 90.4 Å². The standard InChI is InChI=1S/C35H37N3O5/c1-4-19-36(26-13-7-6-8-14-26)31(40)28-29-32(41)38(21-22-39)30(35(29)18-17-34(28,3)43-35)33(42)37(20-5-2)27-16-15-24-11-9-10-12-25(24)23-27/h4-16,23,28-30,39H,1-2,17-22H2,3H3/t28-,29-,30?,34+,35?/m0/s1. The Hall–Kier alpha value is -4.27. The molecule has 3 aliphatic rings. The second kappa shape index (κ2) is 11.1. The minimum atomic E-state index is -1.20. The highest BCUT2D eigenvalue weighted by molar-refractivity contribution is 6.07. The molecule has 3 saturated heterocycles. The monoisotopic (exact) mass is 579 g/mol. The normalized spacial score (nSPS) is 27.3. The molecule has 222 valence electrons. The van der Waals surface area contributed by atoms with Gasteiger partial charge in [-0.25, -0.2) is 0 Å². The molecule has 43 heavy (non-hydrogen) atoms. The SMILES string of the molecule is C=CCN(C(=O)C1N(CCO)C(=O)[C@@H]2[C@@H](C(=O)N(CC=C)c3ccccc3)[C@@]3(C)CCC12O3)c1ccc2ccccc2c1.